The number of carbonyl (C=O) groups excluding carboxylic acids is 2. The van der Waals surface area contributed by atoms with Gasteiger partial charge in [-0.3, -0.25) is 4.79 Å². The van der Waals surface area contributed by atoms with Gasteiger partial charge < -0.3 is 19.3 Å². The van der Waals surface area contributed by atoms with Gasteiger partial charge in [0.05, 0.1) is 11.2 Å². The topological polar surface area (TPSA) is 85.4 Å². The van der Waals surface area contributed by atoms with Gasteiger partial charge in [0, 0.05) is 30.3 Å². The Labute approximate surface area is 167 Å². The molecule has 7 atom stereocenters. The number of epoxide rings is 1. The van der Waals surface area contributed by atoms with Crippen molar-refractivity contribution < 1.29 is 28.9 Å². The minimum atomic E-state index is -1.00. The van der Waals surface area contributed by atoms with Crippen LogP contribution in [0.5, 0.6) is 0 Å². The predicted octanol–water partition coefficient (Wildman–Crippen LogP) is 3.16. The summed E-state index contributed by atoms with van der Waals surface area (Å²) in [5, 5.41) is 11.7. The van der Waals surface area contributed by atoms with Crippen molar-refractivity contribution in [2.75, 3.05) is 0 Å². The highest BCUT2D eigenvalue weighted by Crippen LogP contribution is 2.64. The van der Waals surface area contributed by atoms with E-state index in [1.165, 1.54) is 6.92 Å². The van der Waals surface area contributed by atoms with Crippen LogP contribution in [0.3, 0.4) is 0 Å². The van der Waals surface area contributed by atoms with E-state index in [1.54, 1.807) is 19.9 Å². The quantitative estimate of drug-likeness (QED) is 0.448. The number of ether oxygens (including phenoxy) is 3. The molecule has 0 aromatic heterocycles. The largest absolute Gasteiger partial charge is 0.459 e. The van der Waals surface area contributed by atoms with E-state index in [0.717, 1.165) is 0 Å². The Morgan fingerprint density at radius 1 is 1.18 bits per heavy atom. The van der Waals surface area contributed by atoms with E-state index >= 15 is 0 Å². The zero-order valence-corrected chi connectivity index (χ0v) is 18.1. The van der Waals surface area contributed by atoms with Crippen molar-refractivity contribution in [3.05, 3.63) is 11.6 Å². The van der Waals surface area contributed by atoms with E-state index in [2.05, 4.69) is 0 Å². The Bertz CT molecular complexity index is 699. The second-order valence-electron chi connectivity index (χ2n) is 9.63. The number of allylic oxidation sites excluding steroid dienone is 1. The first kappa shape index (κ1) is 21.3. The number of esters is 2. The van der Waals surface area contributed by atoms with Crippen molar-refractivity contribution in [3.8, 4) is 0 Å². The van der Waals surface area contributed by atoms with Crippen LogP contribution in [0.2, 0.25) is 0 Å². The second kappa shape index (κ2) is 6.84. The minimum Gasteiger partial charge on any atom is -0.459 e. The molecule has 0 aromatic rings. The van der Waals surface area contributed by atoms with Gasteiger partial charge in [0.15, 0.2) is 0 Å². The lowest BCUT2D eigenvalue weighted by Crippen LogP contribution is -2.54. The highest BCUT2D eigenvalue weighted by molar-refractivity contribution is 5.87. The van der Waals surface area contributed by atoms with Crippen LogP contribution in [0.15, 0.2) is 11.6 Å². The monoisotopic (exact) mass is 394 g/mol. The first-order valence-electron chi connectivity index (χ1n) is 10.3. The van der Waals surface area contributed by atoms with E-state index < -0.39 is 28.8 Å². The van der Waals surface area contributed by atoms with Crippen LogP contribution in [0.25, 0.3) is 0 Å². The molecule has 0 aromatic carbocycles. The molecular weight excluding hydrogens is 360 g/mol. The summed E-state index contributed by atoms with van der Waals surface area (Å²) in [6.07, 6.45) is 2.22. The van der Waals surface area contributed by atoms with Crippen LogP contribution in [0.1, 0.15) is 67.7 Å². The number of rotatable bonds is 4. The standard InChI is InChI=1S/C22H34O6/c1-8-13(4)19(24)27-15-11-21(7)18(28-21)17(26-14(5)23)20(6)9-10-22(25,12(2)3)16(15)20/h8,12,15-18,25H,9-11H2,1-7H3/b13-8+/t15-,16+,17-,18-,20-,21-,22+/m0/s1. The van der Waals surface area contributed by atoms with Crippen molar-refractivity contribution in [1.82, 2.24) is 0 Å². The average Bonchev–Trinajstić information content (AvgIpc) is 3.17. The van der Waals surface area contributed by atoms with Gasteiger partial charge in [-0.2, -0.15) is 0 Å². The molecule has 1 heterocycles. The summed E-state index contributed by atoms with van der Waals surface area (Å²) in [5.41, 5.74) is -1.54. The fraction of sp³-hybridized carbons (Fsp3) is 0.818. The van der Waals surface area contributed by atoms with Gasteiger partial charge in [0.2, 0.25) is 0 Å². The molecular formula is C22H34O6. The Balaban J connectivity index is 2.07. The van der Waals surface area contributed by atoms with Gasteiger partial charge in [0.25, 0.3) is 0 Å². The number of hydrogen-bond acceptors (Lipinski definition) is 6. The van der Waals surface area contributed by atoms with Crippen molar-refractivity contribution in [2.45, 2.75) is 97.2 Å². The minimum absolute atomic E-state index is 0.0236. The molecule has 0 radical (unpaired) electrons. The molecule has 0 unspecified atom stereocenters. The van der Waals surface area contributed by atoms with Crippen LogP contribution in [-0.2, 0) is 23.8 Å². The smallest absolute Gasteiger partial charge is 0.333 e. The summed E-state index contributed by atoms with van der Waals surface area (Å²) in [7, 11) is 0. The van der Waals surface area contributed by atoms with Crippen LogP contribution in [0, 0.1) is 17.3 Å². The Kier molecular flexibility index (Phi) is 5.20. The SMILES string of the molecule is C/C=C(\C)C(=O)O[C@H]1C[C@]2(C)O[C@H]2[C@H](OC(C)=O)[C@@]2(C)CC[C@@](O)(C(C)C)[C@H]12. The fourth-order valence-corrected chi connectivity index (χ4v) is 5.56. The molecule has 3 rings (SSSR count). The first-order valence-corrected chi connectivity index (χ1v) is 10.3. The van der Waals surface area contributed by atoms with E-state index in [9.17, 15) is 14.7 Å². The fourth-order valence-electron chi connectivity index (χ4n) is 5.56. The molecule has 0 bridgehead atoms. The molecule has 3 fully saturated rings. The number of fused-ring (bicyclic) bond motifs is 2. The first-order chi connectivity index (χ1) is 12.9. The Morgan fingerprint density at radius 3 is 2.36 bits per heavy atom. The van der Waals surface area contributed by atoms with Gasteiger partial charge in [-0.15, -0.1) is 0 Å². The summed E-state index contributed by atoms with van der Waals surface area (Å²) in [5.74, 6) is -1.10. The highest BCUT2D eigenvalue weighted by atomic mass is 16.6. The lowest BCUT2D eigenvalue weighted by Gasteiger charge is -2.45. The van der Waals surface area contributed by atoms with Crippen LogP contribution in [-0.4, -0.2) is 46.6 Å². The average molecular weight is 395 g/mol. The molecule has 158 valence electrons. The highest BCUT2D eigenvalue weighted by Gasteiger charge is 2.73. The van der Waals surface area contributed by atoms with Crippen LogP contribution < -0.4 is 0 Å². The molecule has 6 heteroatoms. The van der Waals surface area contributed by atoms with Gasteiger partial charge in [-0.1, -0.05) is 26.8 Å². The normalized spacial score (nSPS) is 45.1. The molecule has 0 amide bonds. The maximum Gasteiger partial charge on any atom is 0.333 e. The molecule has 1 saturated heterocycles. The predicted molar refractivity (Wildman–Crippen MR) is 103 cm³/mol. The third-order valence-corrected chi connectivity index (χ3v) is 7.46. The van der Waals surface area contributed by atoms with Crippen molar-refractivity contribution in [1.29, 1.82) is 0 Å². The van der Waals surface area contributed by atoms with Gasteiger partial charge in [0.1, 0.15) is 18.3 Å². The van der Waals surface area contributed by atoms with E-state index in [0.29, 0.717) is 24.8 Å². The second-order valence-corrected chi connectivity index (χ2v) is 9.63. The molecule has 3 aliphatic rings. The summed E-state index contributed by atoms with van der Waals surface area (Å²) in [4.78, 5) is 24.5. The summed E-state index contributed by atoms with van der Waals surface area (Å²) < 4.78 is 17.7. The molecule has 2 aliphatic carbocycles. The van der Waals surface area contributed by atoms with E-state index in [4.69, 9.17) is 14.2 Å². The van der Waals surface area contributed by atoms with Gasteiger partial charge in [-0.05, 0) is 39.5 Å². The molecule has 6 nitrogen and oxygen atoms in total. The van der Waals surface area contributed by atoms with Gasteiger partial charge in [-0.25, -0.2) is 4.79 Å². The lowest BCUT2D eigenvalue weighted by atomic mass is 9.66. The zero-order chi connectivity index (χ0) is 21.1. The summed E-state index contributed by atoms with van der Waals surface area (Å²) >= 11 is 0. The molecule has 28 heavy (non-hydrogen) atoms. The molecule has 1 aliphatic heterocycles. The number of carbonyl (C=O) groups is 2. The van der Waals surface area contributed by atoms with Crippen molar-refractivity contribution in [3.63, 3.8) is 0 Å². The van der Waals surface area contributed by atoms with Gasteiger partial charge >= 0.3 is 11.9 Å². The van der Waals surface area contributed by atoms with Crippen LogP contribution >= 0.6 is 0 Å². The lowest BCUT2D eigenvalue weighted by molar-refractivity contribution is -0.181. The maximum atomic E-state index is 12.6. The molecule has 2 saturated carbocycles. The zero-order valence-electron chi connectivity index (χ0n) is 18.1. The van der Waals surface area contributed by atoms with Crippen molar-refractivity contribution in [2.24, 2.45) is 17.3 Å². The van der Waals surface area contributed by atoms with E-state index in [-0.39, 0.29) is 29.9 Å². The molecule has 0 spiro atoms. The number of hydrogen-bond donors (Lipinski definition) is 1. The summed E-state index contributed by atoms with van der Waals surface area (Å²) in [6, 6.07) is 0. The maximum absolute atomic E-state index is 12.6. The third-order valence-electron chi connectivity index (χ3n) is 7.46. The Hall–Kier alpha value is -1.40. The Morgan fingerprint density at radius 2 is 1.82 bits per heavy atom. The van der Waals surface area contributed by atoms with Crippen LogP contribution in [0.4, 0.5) is 0 Å². The molecule has 1 N–H and O–H groups in total. The van der Waals surface area contributed by atoms with E-state index in [1.807, 2.05) is 27.7 Å². The van der Waals surface area contributed by atoms with Crippen molar-refractivity contribution >= 4 is 11.9 Å². The number of aliphatic hydroxyl groups is 1. The summed E-state index contributed by atoms with van der Waals surface area (Å²) in [6.45, 7) is 12.9. The third kappa shape index (κ3) is 3.18.